The molecule has 0 bridgehead atoms. The number of ether oxygens (including phenoxy) is 18. The molecule has 1 amide bonds. The smallest absolute Gasteiger partial charge is 0.407 e. The van der Waals surface area contributed by atoms with E-state index in [-0.39, 0.29) is 50.6 Å². The standard InChI is InChI=1S/C71H81NO30/c1-37(73)86-34-54-57(91-40(4)76)60(92-41(5)77)64(95-44(8)80)69(98-54)102-59-56(36-88-39(3)75)99-70(65(96-45(9)81)62(59)94-43(7)79)101-58-55(35-87-38(2)74)97-68(63(61(58)93-42(6)78)100-66(82)47-24-14-11-15-25-47)85-31-21-20-30-53(67(83)89-32-46-22-12-10-13-23-46)72-71(84)90-33-52-50-28-18-16-26-48(50)49-27-17-19-29-51(49)52/h10-19,22-29,52-65,68-70H,20-21,30-36H2,1-9H3,(H,72,84)/t53-,54+,55+,56+,57-,58+,59-,60-,61-,62-,63+,64+,65+,68+,69+,70-/m0/s1. The summed E-state index contributed by atoms with van der Waals surface area (Å²) in [5, 5.41) is 2.67. The van der Waals surface area contributed by atoms with Crippen molar-refractivity contribution in [2.45, 2.75) is 192 Å². The van der Waals surface area contributed by atoms with Crippen molar-refractivity contribution in [1.29, 1.82) is 0 Å². The number of benzene rings is 4. The normalized spacial score (nSPS) is 25.2. The third-order valence-electron chi connectivity index (χ3n) is 16.1. The van der Waals surface area contributed by atoms with Gasteiger partial charge in [0, 0.05) is 74.8 Å². The molecule has 31 heteroatoms. The van der Waals surface area contributed by atoms with Gasteiger partial charge in [-0.25, -0.2) is 14.4 Å². The third-order valence-corrected chi connectivity index (χ3v) is 16.1. The summed E-state index contributed by atoms with van der Waals surface area (Å²) in [6.07, 6.45) is -28.7. The second-order valence-electron chi connectivity index (χ2n) is 23.9. The van der Waals surface area contributed by atoms with Crippen LogP contribution in [0.3, 0.4) is 0 Å². The second-order valence-corrected chi connectivity index (χ2v) is 23.9. The molecule has 8 rings (SSSR count). The molecule has 1 N–H and O–H groups in total. The highest BCUT2D eigenvalue weighted by molar-refractivity contribution is 5.89. The van der Waals surface area contributed by atoms with Crippen LogP contribution in [0.4, 0.5) is 4.79 Å². The van der Waals surface area contributed by atoms with Gasteiger partial charge in [-0.05, 0) is 59.2 Å². The third kappa shape index (κ3) is 21.8. The molecule has 0 saturated carbocycles. The van der Waals surface area contributed by atoms with Crippen LogP contribution in [0.15, 0.2) is 109 Å². The van der Waals surface area contributed by atoms with Crippen LogP contribution >= 0.6 is 0 Å². The minimum absolute atomic E-state index is 0.0165. The Morgan fingerprint density at radius 1 is 0.382 bits per heavy atom. The molecule has 0 spiro atoms. The Labute approximate surface area is 585 Å². The first kappa shape index (κ1) is 77.8. The lowest BCUT2D eigenvalue weighted by Crippen LogP contribution is -2.69. The van der Waals surface area contributed by atoms with E-state index in [2.05, 4.69) is 5.32 Å². The van der Waals surface area contributed by atoms with Gasteiger partial charge < -0.3 is 90.6 Å². The van der Waals surface area contributed by atoms with Crippen LogP contribution in [0.2, 0.25) is 0 Å². The lowest BCUT2D eigenvalue weighted by Gasteiger charge is -2.50. The van der Waals surface area contributed by atoms with Crippen molar-refractivity contribution in [3.8, 4) is 11.1 Å². The SMILES string of the molecule is CC(=O)OC[C@H]1O[C@H](O[C@@H]2[C@H](OC(C)=O)[C@@H](OC(C)=O)[C@H](O[C@H]3[C@H](OC(C)=O)[C@@H](OC(=O)c4ccccc4)[C@H](OCCCC[C@H](NC(=O)OCC4c5ccccc5-c5ccccc54)C(=O)OCc4ccccc4)O[C@@H]3COC(C)=O)O[C@@H]2COC(C)=O)[C@H](OC(C)=O)[C@@H](OC(C)=O)[C@H]1OC(C)=O. The molecule has 4 aliphatic rings. The maximum atomic E-state index is 14.3. The van der Waals surface area contributed by atoms with Crippen LogP contribution in [-0.2, 0) is 140 Å². The molecular weight excluding hydrogens is 1350 g/mol. The van der Waals surface area contributed by atoms with Crippen LogP contribution in [0.25, 0.3) is 11.1 Å². The Kier molecular flexibility index (Phi) is 28.3. The Hall–Kier alpha value is -9.92. The zero-order chi connectivity index (χ0) is 73.7. The van der Waals surface area contributed by atoms with Crippen molar-refractivity contribution in [3.05, 3.63) is 131 Å². The van der Waals surface area contributed by atoms with Crippen LogP contribution < -0.4 is 5.32 Å². The number of carbonyl (C=O) groups is 12. The van der Waals surface area contributed by atoms with Crippen molar-refractivity contribution >= 4 is 71.8 Å². The molecule has 3 fully saturated rings. The Balaban J connectivity index is 1.10. The van der Waals surface area contributed by atoms with Gasteiger partial charge in [0.25, 0.3) is 0 Å². The van der Waals surface area contributed by atoms with Gasteiger partial charge in [0.05, 0.1) is 5.56 Å². The monoisotopic (exact) mass is 1430 g/mol. The molecule has 31 nitrogen and oxygen atoms in total. The number of hydrogen-bond acceptors (Lipinski definition) is 30. The van der Waals surface area contributed by atoms with Gasteiger partial charge in [0.2, 0.25) is 0 Å². The summed E-state index contributed by atoms with van der Waals surface area (Å²) in [6, 6.07) is 30.7. The van der Waals surface area contributed by atoms with Crippen molar-refractivity contribution in [3.63, 3.8) is 0 Å². The summed E-state index contributed by atoms with van der Waals surface area (Å²) in [7, 11) is 0. The zero-order valence-electron chi connectivity index (χ0n) is 57.3. The van der Waals surface area contributed by atoms with Crippen LogP contribution in [-0.4, -0.2) is 203 Å². The highest BCUT2D eigenvalue weighted by Crippen LogP contribution is 2.45. The number of alkyl carbamates (subject to hydrolysis) is 1. The number of nitrogens with one attached hydrogen (secondary N) is 1. The Morgan fingerprint density at radius 3 is 1.24 bits per heavy atom. The minimum atomic E-state index is -2.13. The van der Waals surface area contributed by atoms with Gasteiger partial charge in [0.15, 0.2) is 61.6 Å². The van der Waals surface area contributed by atoms with E-state index >= 15 is 0 Å². The summed E-state index contributed by atoms with van der Waals surface area (Å²) >= 11 is 0. The van der Waals surface area contributed by atoms with Crippen molar-refractivity contribution in [2.75, 3.05) is 33.0 Å². The number of hydrogen-bond donors (Lipinski definition) is 1. The number of carbonyl (C=O) groups excluding carboxylic acids is 12. The van der Waals surface area contributed by atoms with E-state index in [1.807, 2.05) is 48.5 Å². The van der Waals surface area contributed by atoms with Crippen LogP contribution in [0.1, 0.15) is 115 Å². The fraction of sp³-hybridized carbons (Fsp3) is 0.493. The van der Waals surface area contributed by atoms with E-state index in [1.54, 1.807) is 36.4 Å². The maximum absolute atomic E-state index is 14.3. The fourth-order valence-electron chi connectivity index (χ4n) is 12.0. The van der Waals surface area contributed by atoms with Gasteiger partial charge in [-0.3, -0.25) is 43.2 Å². The molecule has 3 saturated heterocycles. The molecule has 550 valence electrons. The highest BCUT2D eigenvalue weighted by atomic mass is 16.8. The molecule has 0 radical (unpaired) electrons. The van der Waals surface area contributed by atoms with Gasteiger partial charge in [0.1, 0.15) is 69.6 Å². The van der Waals surface area contributed by atoms with E-state index < -0.39 is 190 Å². The Bertz CT molecular complexity index is 3560. The first-order valence-electron chi connectivity index (χ1n) is 32.6. The average Bonchev–Trinajstić information content (AvgIpc) is 1.19. The lowest BCUT2D eigenvalue weighted by molar-refractivity contribution is -0.379. The topological polar surface area (TPSA) is 383 Å². The van der Waals surface area contributed by atoms with Crippen molar-refractivity contribution in [1.82, 2.24) is 5.32 Å². The number of unbranched alkanes of at least 4 members (excludes halogenated alkanes) is 1. The number of fused-ring (bicyclic) bond motifs is 3. The summed E-state index contributed by atoms with van der Waals surface area (Å²) in [5.74, 6) is -11.0. The first-order valence-corrected chi connectivity index (χ1v) is 32.6. The summed E-state index contributed by atoms with van der Waals surface area (Å²) in [6.45, 7) is 6.16. The van der Waals surface area contributed by atoms with E-state index in [9.17, 15) is 57.5 Å². The lowest BCUT2D eigenvalue weighted by atomic mass is 9.95. The molecule has 3 heterocycles. The van der Waals surface area contributed by atoms with Gasteiger partial charge in [-0.1, -0.05) is 97.1 Å². The first-order chi connectivity index (χ1) is 48.7. The molecule has 0 aromatic heterocycles. The zero-order valence-corrected chi connectivity index (χ0v) is 57.3. The molecule has 16 atom stereocenters. The van der Waals surface area contributed by atoms with Crippen LogP contribution in [0.5, 0.6) is 0 Å². The molecule has 4 aromatic carbocycles. The highest BCUT2D eigenvalue weighted by Gasteiger charge is 2.60. The molecule has 4 aromatic rings. The summed E-state index contributed by atoms with van der Waals surface area (Å²) < 4.78 is 107. The molecule has 3 aliphatic heterocycles. The summed E-state index contributed by atoms with van der Waals surface area (Å²) in [5.41, 5.74) is 4.61. The fourth-order valence-corrected chi connectivity index (χ4v) is 12.0. The predicted octanol–water partition coefficient (Wildman–Crippen LogP) is 5.27. The number of esters is 11. The van der Waals surface area contributed by atoms with Gasteiger partial charge in [-0.15, -0.1) is 0 Å². The maximum Gasteiger partial charge on any atom is 0.407 e. The average molecular weight is 1430 g/mol. The number of amides is 1. The minimum Gasteiger partial charge on any atom is -0.463 e. The largest absolute Gasteiger partial charge is 0.463 e. The predicted molar refractivity (Wildman–Crippen MR) is 343 cm³/mol. The van der Waals surface area contributed by atoms with E-state index in [4.69, 9.17) is 85.3 Å². The van der Waals surface area contributed by atoms with Crippen molar-refractivity contribution in [2.24, 2.45) is 0 Å². The molecule has 0 unspecified atom stereocenters. The van der Waals surface area contributed by atoms with Gasteiger partial charge >= 0.3 is 71.8 Å². The van der Waals surface area contributed by atoms with Gasteiger partial charge in [-0.2, -0.15) is 0 Å². The summed E-state index contributed by atoms with van der Waals surface area (Å²) in [4.78, 5) is 158. The van der Waals surface area contributed by atoms with Crippen LogP contribution in [0, 0.1) is 0 Å². The Morgan fingerprint density at radius 2 is 0.775 bits per heavy atom. The number of rotatable bonds is 30. The van der Waals surface area contributed by atoms with Crippen molar-refractivity contribution < 1.29 is 143 Å². The molecular formula is C71H81NO30. The van der Waals surface area contributed by atoms with E-state index in [0.29, 0.717) is 5.56 Å². The molecule has 1 aliphatic carbocycles. The quantitative estimate of drug-likeness (QED) is 0.0394. The molecule has 102 heavy (non-hydrogen) atoms. The van der Waals surface area contributed by atoms with E-state index in [1.165, 1.54) is 24.3 Å². The second kappa shape index (κ2) is 37.1. The van der Waals surface area contributed by atoms with E-state index in [0.717, 1.165) is 84.6 Å².